The van der Waals surface area contributed by atoms with Crippen LogP contribution in [0.2, 0.25) is 0 Å². The summed E-state index contributed by atoms with van der Waals surface area (Å²) in [5.74, 6) is 1.11. The molecule has 4 rings (SSSR count). The minimum absolute atomic E-state index is 0.125. The third kappa shape index (κ3) is 5.13. The monoisotopic (exact) mass is 485 g/mol. The lowest BCUT2D eigenvalue weighted by atomic mass is 10.2. The number of aliphatic hydroxyl groups is 1. The van der Waals surface area contributed by atoms with Crippen molar-refractivity contribution in [2.45, 2.75) is 13.0 Å². The molecule has 1 saturated heterocycles. The van der Waals surface area contributed by atoms with Gasteiger partial charge in [-0.25, -0.2) is 9.78 Å². The Morgan fingerprint density at radius 1 is 1.21 bits per heavy atom. The Balaban J connectivity index is 1.47. The highest BCUT2D eigenvalue weighted by atomic mass is 32.1. The van der Waals surface area contributed by atoms with Gasteiger partial charge in [0, 0.05) is 43.8 Å². The van der Waals surface area contributed by atoms with Crippen molar-refractivity contribution >= 4 is 50.9 Å². The van der Waals surface area contributed by atoms with E-state index in [2.05, 4.69) is 20.6 Å². The maximum atomic E-state index is 12.7. The van der Waals surface area contributed by atoms with Gasteiger partial charge in [0.1, 0.15) is 16.4 Å². The van der Waals surface area contributed by atoms with E-state index in [1.807, 2.05) is 4.90 Å². The third-order valence-electron chi connectivity index (χ3n) is 5.44. The average molecular weight is 486 g/mol. The first-order valence-electron chi connectivity index (χ1n) is 10.8. The first-order chi connectivity index (χ1) is 16.4. The highest BCUT2D eigenvalue weighted by molar-refractivity contribution is 7.17. The number of hydrogen-bond acceptors (Lipinski definition) is 9. The summed E-state index contributed by atoms with van der Waals surface area (Å²) >= 11 is 1.31. The number of carbonyl (C=O) groups excluding carboxylic acids is 2. The van der Waals surface area contributed by atoms with Crippen LogP contribution >= 0.6 is 11.3 Å². The molecule has 3 heterocycles. The van der Waals surface area contributed by atoms with Crippen molar-refractivity contribution in [3.63, 3.8) is 0 Å². The minimum atomic E-state index is -0.655. The summed E-state index contributed by atoms with van der Waals surface area (Å²) in [6.45, 7) is 3.73. The number of anilines is 3. The summed E-state index contributed by atoms with van der Waals surface area (Å²) in [5, 5.41) is 17.4. The van der Waals surface area contributed by atoms with Gasteiger partial charge in [0.15, 0.2) is 0 Å². The number of fused-ring (bicyclic) bond motifs is 1. The summed E-state index contributed by atoms with van der Waals surface area (Å²) in [5.41, 5.74) is 7.06. The molecule has 0 bridgehead atoms. The summed E-state index contributed by atoms with van der Waals surface area (Å²) in [6.07, 6.45) is -0.655. The summed E-state index contributed by atoms with van der Waals surface area (Å²) in [6, 6.07) is 6.95. The van der Waals surface area contributed by atoms with E-state index in [1.54, 1.807) is 48.6 Å². The van der Waals surface area contributed by atoms with Gasteiger partial charge in [0.25, 0.3) is 5.91 Å². The number of carbonyl (C=O) groups is 2. The average Bonchev–Trinajstić information content (AvgIpc) is 3.26. The van der Waals surface area contributed by atoms with Crippen molar-refractivity contribution in [2.24, 2.45) is 0 Å². The number of urea groups is 1. The Kier molecular flexibility index (Phi) is 6.98. The first-order valence-corrected chi connectivity index (χ1v) is 11.7. The maximum Gasteiger partial charge on any atom is 0.321 e. The van der Waals surface area contributed by atoms with Crippen LogP contribution in [0.5, 0.6) is 5.75 Å². The summed E-state index contributed by atoms with van der Waals surface area (Å²) in [4.78, 5) is 38.5. The highest BCUT2D eigenvalue weighted by Gasteiger charge is 2.26. The Morgan fingerprint density at radius 3 is 2.56 bits per heavy atom. The van der Waals surface area contributed by atoms with E-state index >= 15 is 0 Å². The van der Waals surface area contributed by atoms with E-state index < -0.39 is 6.10 Å². The molecule has 11 nitrogen and oxygen atoms in total. The van der Waals surface area contributed by atoms with Gasteiger partial charge >= 0.3 is 6.03 Å². The fraction of sp³-hybridized carbons (Fsp3) is 0.364. The van der Waals surface area contributed by atoms with Crippen LogP contribution in [0.4, 0.5) is 22.2 Å². The number of rotatable bonds is 6. The zero-order valence-corrected chi connectivity index (χ0v) is 19.8. The molecule has 1 unspecified atom stereocenters. The number of aliphatic hydroxyl groups excluding tert-OH is 1. The number of nitrogens with one attached hydrogen (secondary N) is 2. The van der Waals surface area contributed by atoms with Gasteiger partial charge in [-0.15, -0.1) is 11.3 Å². The van der Waals surface area contributed by atoms with E-state index in [4.69, 9.17) is 10.5 Å². The first kappa shape index (κ1) is 23.5. The topological polar surface area (TPSA) is 146 Å². The third-order valence-corrected chi connectivity index (χ3v) is 6.31. The molecular formula is C22H27N7O4S. The van der Waals surface area contributed by atoms with Gasteiger partial charge in [-0.05, 0) is 31.2 Å². The summed E-state index contributed by atoms with van der Waals surface area (Å²) < 4.78 is 5.14. The SMILES string of the molecule is COc1ccc(NC(=O)N2CCN(c3nc(N)nc4scc(C(=O)NCC(C)O)c34)CC2)cc1. The molecule has 1 atom stereocenters. The summed E-state index contributed by atoms with van der Waals surface area (Å²) in [7, 11) is 1.59. The molecule has 1 aliphatic heterocycles. The number of piperazine rings is 1. The zero-order valence-electron chi connectivity index (χ0n) is 18.9. The number of benzene rings is 1. The van der Waals surface area contributed by atoms with Crippen molar-refractivity contribution in [3.05, 3.63) is 35.2 Å². The van der Waals surface area contributed by atoms with Crippen LogP contribution in [0.3, 0.4) is 0 Å². The molecule has 0 radical (unpaired) electrons. The molecule has 0 aliphatic carbocycles. The molecule has 12 heteroatoms. The maximum absolute atomic E-state index is 12.7. The van der Waals surface area contributed by atoms with Gasteiger partial charge in [-0.3, -0.25) is 4.79 Å². The Labute approximate surface area is 200 Å². The molecule has 34 heavy (non-hydrogen) atoms. The zero-order chi connectivity index (χ0) is 24.2. The van der Waals surface area contributed by atoms with E-state index in [0.717, 1.165) is 5.75 Å². The second-order valence-electron chi connectivity index (χ2n) is 7.93. The predicted octanol–water partition coefficient (Wildman–Crippen LogP) is 1.75. The second-order valence-corrected chi connectivity index (χ2v) is 8.78. The number of amides is 3. The van der Waals surface area contributed by atoms with E-state index in [-0.39, 0.29) is 24.4 Å². The molecule has 1 aliphatic rings. The molecular weight excluding hydrogens is 458 g/mol. The standard InChI is InChI=1S/C22H27N7O4S/c1-13(30)11-24-19(31)16-12-34-20-17(16)18(26-21(23)27-20)28-7-9-29(10-8-28)22(32)25-14-3-5-15(33-2)6-4-14/h3-6,12-13,30H,7-11H2,1-2H3,(H,24,31)(H,25,32)(H2,23,26,27). The van der Waals surface area contributed by atoms with Crippen LogP contribution in [0, 0.1) is 0 Å². The van der Waals surface area contributed by atoms with Gasteiger partial charge < -0.3 is 36.0 Å². The number of ether oxygens (including phenoxy) is 1. The normalized spacial score (nSPS) is 14.7. The van der Waals surface area contributed by atoms with Crippen LogP contribution in [0.25, 0.3) is 10.2 Å². The quantitative estimate of drug-likeness (QED) is 0.413. The lowest BCUT2D eigenvalue weighted by Gasteiger charge is -2.35. The van der Waals surface area contributed by atoms with Gasteiger partial charge in [-0.1, -0.05) is 0 Å². The van der Waals surface area contributed by atoms with Crippen molar-refractivity contribution in [1.29, 1.82) is 0 Å². The number of hydrogen-bond donors (Lipinski definition) is 4. The Morgan fingerprint density at radius 2 is 1.91 bits per heavy atom. The lowest BCUT2D eigenvalue weighted by Crippen LogP contribution is -2.50. The van der Waals surface area contributed by atoms with Gasteiger partial charge in [0.05, 0.1) is 24.2 Å². The van der Waals surface area contributed by atoms with Crippen LogP contribution in [0.1, 0.15) is 17.3 Å². The molecule has 3 aromatic rings. The fourth-order valence-corrected chi connectivity index (χ4v) is 4.59. The smallest absolute Gasteiger partial charge is 0.321 e. The molecule has 5 N–H and O–H groups in total. The molecule has 2 aromatic heterocycles. The van der Waals surface area contributed by atoms with E-state index in [9.17, 15) is 14.7 Å². The Bertz CT molecular complexity index is 1170. The van der Waals surface area contributed by atoms with Gasteiger partial charge in [0.2, 0.25) is 5.95 Å². The van der Waals surface area contributed by atoms with Crippen molar-refractivity contribution in [3.8, 4) is 5.75 Å². The molecule has 0 spiro atoms. The Hall–Kier alpha value is -3.64. The van der Waals surface area contributed by atoms with E-state index in [1.165, 1.54) is 11.3 Å². The molecule has 0 saturated carbocycles. The van der Waals surface area contributed by atoms with Crippen LogP contribution < -0.4 is 26.0 Å². The van der Waals surface area contributed by atoms with Crippen LogP contribution in [0.15, 0.2) is 29.6 Å². The second kappa shape index (κ2) is 10.1. The van der Waals surface area contributed by atoms with Crippen LogP contribution in [-0.2, 0) is 0 Å². The fourth-order valence-electron chi connectivity index (χ4n) is 3.67. The molecule has 180 valence electrons. The number of aromatic nitrogens is 2. The van der Waals surface area contributed by atoms with Gasteiger partial charge in [-0.2, -0.15) is 4.98 Å². The molecule has 1 aromatic carbocycles. The highest BCUT2D eigenvalue weighted by Crippen LogP contribution is 2.33. The number of nitrogens with two attached hydrogens (primary N) is 1. The lowest BCUT2D eigenvalue weighted by molar-refractivity contribution is 0.0926. The van der Waals surface area contributed by atoms with Crippen molar-refractivity contribution < 1.29 is 19.4 Å². The predicted molar refractivity (Wildman–Crippen MR) is 132 cm³/mol. The number of methoxy groups -OCH3 is 1. The molecule has 1 fully saturated rings. The molecule has 3 amide bonds. The van der Waals surface area contributed by atoms with Crippen molar-refractivity contribution in [2.75, 3.05) is 55.8 Å². The largest absolute Gasteiger partial charge is 0.497 e. The number of nitrogen functional groups attached to an aromatic ring is 1. The minimum Gasteiger partial charge on any atom is -0.497 e. The number of nitrogens with zero attached hydrogens (tertiary/aromatic N) is 4. The van der Waals surface area contributed by atoms with Crippen LogP contribution in [-0.4, -0.2) is 77.9 Å². The number of thiophene rings is 1. The van der Waals surface area contributed by atoms with E-state index in [0.29, 0.717) is 53.5 Å². The van der Waals surface area contributed by atoms with Crippen molar-refractivity contribution in [1.82, 2.24) is 20.2 Å².